The van der Waals surface area contributed by atoms with Crippen molar-refractivity contribution in [2.24, 2.45) is 0 Å². The van der Waals surface area contributed by atoms with Gasteiger partial charge in [0.2, 0.25) is 0 Å². The van der Waals surface area contributed by atoms with Gasteiger partial charge < -0.3 is 10.1 Å². The van der Waals surface area contributed by atoms with Gasteiger partial charge in [0.25, 0.3) is 0 Å². The third kappa shape index (κ3) is 3.08. The predicted molar refractivity (Wildman–Crippen MR) is 71.3 cm³/mol. The van der Waals surface area contributed by atoms with Gasteiger partial charge in [0, 0.05) is 6.04 Å². The van der Waals surface area contributed by atoms with Gasteiger partial charge in [-0.2, -0.15) is 0 Å². The van der Waals surface area contributed by atoms with Crippen molar-refractivity contribution in [2.45, 2.75) is 51.4 Å². The maximum absolute atomic E-state index is 5.96. The Bertz CT molecular complexity index is 364. The van der Waals surface area contributed by atoms with Crippen molar-refractivity contribution in [3.63, 3.8) is 0 Å². The van der Waals surface area contributed by atoms with E-state index in [0.29, 0.717) is 18.2 Å². The number of likely N-dealkylation sites (N-methyl/N-ethyl adjacent to an activating group) is 1. The third-order valence-electron chi connectivity index (χ3n) is 3.79. The Morgan fingerprint density at radius 3 is 2.71 bits per heavy atom. The minimum atomic E-state index is 0.370. The molecule has 0 spiro atoms. The Morgan fingerprint density at radius 2 is 2.12 bits per heavy atom. The fourth-order valence-electron chi connectivity index (χ4n) is 2.62. The predicted octanol–water partition coefficient (Wildman–Crippen LogP) is 2.69. The molecule has 1 aliphatic heterocycles. The first kappa shape index (κ1) is 12.6. The summed E-state index contributed by atoms with van der Waals surface area (Å²) in [5.41, 5.74) is 2.80. The van der Waals surface area contributed by atoms with Crippen LogP contribution in [0.3, 0.4) is 0 Å². The van der Waals surface area contributed by atoms with Crippen LogP contribution in [0.15, 0.2) is 24.3 Å². The standard InChI is InChI=1S/C15H23NO/c1-11-6-4-5-7-13(11)10-14(16-3)15-9-8-12(2)17-15/h4-7,12,14-16H,8-10H2,1-3H3. The van der Waals surface area contributed by atoms with E-state index < -0.39 is 0 Å². The second-order valence-corrected chi connectivity index (χ2v) is 5.09. The highest BCUT2D eigenvalue weighted by molar-refractivity contribution is 5.26. The number of benzene rings is 1. The van der Waals surface area contributed by atoms with E-state index in [1.165, 1.54) is 24.0 Å². The molecule has 0 aromatic heterocycles. The van der Waals surface area contributed by atoms with Crippen molar-refractivity contribution in [3.8, 4) is 0 Å². The summed E-state index contributed by atoms with van der Waals surface area (Å²) >= 11 is 0. The average Bonchev–Trinajstić information content (AvgIpc) is 2.75. The summed E-state index contributed by atoms with van der Waals surface area (Å²) in [5, 5.41) is 3.42. The van der Waals surface area contributed by atoms with Crippen LogP contribution in [0.2, 0.25) is 0 Å². The molecule has 0 saturated carbocycles. The van der Waals surface area contributed by atoms with Crippen LogP contribution >= 0.6 is 0 Å². The van der Waals surface area contributed by atoms with Crippen LogP contribution < -0.4 is 5.32 Å². The highest BCUT2D eigenvalue weighted by Gasteiger charge is 2.28. The maximum atomic E-state index is 5.96. The number of rotatable bonds is 4. The highest BCUT2D eigenvalue weighted by atomic mass is 16.5. The van der Waals surface area contributed by atoms with Crippen LogP contribution in [-0.4, -0.2) is 25.3 Å². The van der Waals surface area contributed by atoms with Gasteiger partial charge in [-0.05, 0) is 51.3 Å². The maximum Gasteiger partial charge on any atom is 0.0735 e. The minimum absolute atomic E-state index is 0.370. The van der Waals surface area contributed by atoms with Crippen LogP contribution in [0, 0.1) is 6.92 Å². The summed E-state index contributed by atoms with van der Waals surface area (Å²) in [6, 6.07) is 9.05. The molecule has 1 aromatic rings. The molecule has 0 aliphatic carbocycles. The molecule has 0 bridgehead atoms. The first-order valence-corrected chi connectivity index (χ1v) is 6.58. The Morgan fingerprint density at radius 1 is 1.35 bits per heavy atom. The zero-order valence-electron chi connectivity index (χ0n) is 11.1. The Labute approximate surface area is 104 Å². The molecule has 1 N–H and O–H groups in total. The fourth-order valence-corrected chi connectivity index (χ4v) is 2.62. The molecular formula is C15H23NO. The molecule has 1 aliphatic rings. The van der Waals surface area contributed by atoms with E-state index >= 15 is 0 Å². The van der Waals surface area contributed by atoms with Crippen LogP contribution in [0.1, 0.15) is 30.9 Å². The molecule has 3 unspecified atom stereocenters. The smallest absolute Gasteiger partial charge is 0.0735 e. The monoisotopic (exact) mass is 233 g/mol. The van der Waals surface area contributed by atoms with Gasteiger partial charge >= 0.3 is 0 Å². The van der Waals surface area contributed by atoms with Gasteiger partial charge in [-0.1, -0.05) is 24.3 Å². The molecule has 1 saturated heterocycles. The van der Waals surface area contributed by atoms with E-state index in [1.54, 1.807) is 0 Å². The molecule has 94 valence electrons. The van der Waals surface area contributed by atoms with Crippen molar-refractivity contribution in [2.75, 3.05) is 7.05 Å². The largest absolute Gasteiger partial charge is 0.374 e. The SMILES string of the molecule is CNC(Cc1ccccc1C)C1CCC(C)O1. The van der Waals surface area contributed by atoms with E-state index in [9.17, 15) is 0 Å². The summed E-state index contributed by atoms with van der Waals surface area (Å²) in [6.07, 6.45) is 4.22. The fraction of sp³-hybridized carbons (Fsp3) is 0.600. The Kier molecular flexibility index (Phi) is 4.19. The average molecular weight is 233 g/mol. The van der Waals surface area contributed by atoms with Crippen LogP contribution in [-0.2, 0) is 11.2 Å². The summed E-state index contributed by atoms with van der Waals surface area (Å²) < 4.78 is 5.96. The van der Waals surface area contributed by atoms with Crippen molar-refractivity contribution in [1.29, 1.82) is 0 Å². The molecular weight excluding hydrogens is 210 g/mol. The zero-order valence-corrected chi connectivity index (χ0v) is 11.1. The highest BCUT2D eigenvalue weighted by Crippen LogP contribution is 2.24. The zero-order chi connectivity index (χ0) is 12.3. The molecule has 2 rings (SSSR count). The van der Waals surface area contributed by atoms with Gasteiger partial charge in [0.05, 0.1) is 12.2 Å². The molecule has 17 heavy (non-hydrogen) atoms. The quantitative estimate of drug-likeness (QED) is 0.863. The molecule has 2 heteroatoms. The summed E-state index contributed by atoms with van der Waals surface area (Å²) in [7, 11) is 2.04. The van der Waals surface area contributed by atoms with Gasteiger partial charge in [-0.25, -0.2) is 0 Å². The second kappa shape index (κ2) is 5.65. The topological polar surface area (TPSA) is 21.3 Å². The number of hydrogen-bond donors (Lipinski definition) is 1. The van der Waals surface area contributed by atoms with Crippen molar-refractivity contribution < 1.29 is 4.74 Å². The lowest BCUT2D eigenvalue weighted by Crippen LogP contribution is -2.39. The number of hydrogen-bond acceptors (Lipinski definition) is 2. The van der Waals surface area contributed by atoms with Crippen LogP contribution in [0.5, 0.6) is 0 Å². The molecule has 1 fully saturated rings. The first-order valence-electron chi connectivity index (χ1n) is 6.58. The van der Waals surface area contributed by atoms with E-state index in [2.05, 4.69) is 43.4 Å². The first-order chi connectivity index (χ1) is 8.20. The molecule has 3 atom stereocenters. The van der Waals surface area contributed by atoms with E-state index in [1.807, 2.05) is 7.05 Å². The molecule has 1 heterocycles. The Hall–Kier alpha value is -0.860. The van der Waals surface area contributed by atoms with E-state index in [4.69, 9.17) is 4.74 Å². The summed E-state index contributed by atoms with van der Waals surface area (Å²) in [5.74, 6) is 0. The van der Waals surface area contributed by atoms with Gasteiger partial charge in [0.1, 0.15) is 0 Å². The second-order valence-electron chi connectivity index (χ2n) is 5.09. The number of ether oxygens (including phenoxy) is 1. The lowest BCUT2D eigenvalue weighted by molar-refractivity contribution is 0.0337. The van der Waals surface area contributed by atoms with Gasteiger partial charge in [-0.3, -0.25) is 0 Å². The molecule has 1 aromatic carbocycles. The lowest BCUT2D eigenvalue weighted by atomic mass is 9.96. The van der Waals surface area contributed by atoms with Crippen LogP contribution in [0.25, 0.3) is 0 Å². The summed E-state index contributed by atoms with van der Waals surface area (Å²) in [6.45, 7) is 4.35. The normalized spacial score (nSPS) is 26.1. The minimum Gasteiger partial charge on any atom is -0.374 e. The number of aryl methyl sites for hydroxylation is 1. The van der Waals surface area contributed by atoms with Gasteiger partial charge in [0.15, 0.2) is 0 Å². The lowest BCUT2D eigenvalue weighted by Gasteiger charge is -2.24. The van der Waals surface area contributed by atoms with E-state index in [0.717, 1.165) is 6.42 Å². The van der Waals surface area contributed by atoms with Crippen LogP contribution in [0.4, 0.5) is 0 Å². The molecule has 0 radical (unpaired) electrons. The van der Waals surface area contributed by atoms with Gasteiger partial charge in [-0.15, -0.1) is 0 Å². The van der Waals surface area contributed by atoms with Crippen molar-refractivity contribution >= 4 is 0 Å². The third-order valence-corrected chi connectivity index (χ3v) is 3.79. The van der Waals surface area contributed by atoms with E-state index in [-0.39, 0.29) is 0 Å². The number of nitrogens with one attached hydrogen (secondary N) is 1. The molecule has 2 nitrogen and oxygen atoms in total. The Balaban J connectivity index is 2.03. The van der Waals surface area contributed by atoms with Crippen molar-refractivity contribution in [1.82, 2.24) is 5.32 Å². The molecule has 0 amide bonds. The van der Waals surface area contributed by atoms with Crippen molar-refractivity contribution in [3.05, 3.63) is 35.4 Å². The summed E-state index contributed by atoms with van der Waals surface area (Å²) in [4.78, 5) is 0.